The van der Waals surface area contributed by atoms with Gasteiger partial charge >= 0.3 is 0 Å². The fourth-order valence-electron chi connectivity index (χ4n) is 3.09. The van der Waals surface area contributed by atoms with E-state index in [1.54, 1.807) is 12.2 Å². The monoisotopic (exact) mass is 260 g/mol. The van der Waals surface area contributed by atoms with Gasteiger partial charge in [0.2, 0.25) is 0 Å². The molecule has 2 nitrogen and oxygen atoms in total. The molecule has 1 aromatic rings. The molecular formula is C18H12O2. The molecule has 0 bridgehead atoms. The first-order chi connectivity index (χ1) is 9.74. The summed E-state index contributed by atoms with van der Waals surface area (Å²) in [5.41, 5.74) is 5.27. The van der Waals surface area contributed by atoms with Gasteiger partial charge < -0.3 is 0 Å². The fraction of sp³-hybridized carbons (Fsp3) is 0.111. The minimum Gasteiger partial charge on any atom is -0.289 e. The molecule has 1 aromatic carbocycles. The lowest BCUT2D eigenvalue weighted by molar-refractivity contribution is -0.111. The summed E-state index contributed by atoms with van der Waals surface area (Å²) in [4.78, 5) is 24.5. The summed E-state index contributed by atoms with van der Waals surface area (Å²) in [6.07, 6.45) is 8.88. The third kappa shape index (κ3) is 1.51. The van der Waals surface area contributed by atoms with Gasteiger partial charge in [-0.05, 0) is 42.2 Å². The van der Waals surface area contributed by atoms with Crippen molar-refractivity contribution in [2.24, 2.45) is 0 Å². The molecule has 2 heteroatoms. The van der Waals surface area contributed by atoms with Gasteiger partial charge in [0.25, 0.3) is 0 Å². The van der Waals surface area contributed by atoms with Crippen LogP contribution in [-0.2, 0) is 4.79 Å². The number of rotatable bonds is 0. The van der Waals surface area contributed by atoms with E-state index in [4.69, 9.17) is 0 Å². The number of ketones is 2. The van der Waals surface area contributed by atoms with Gasteiger partial charge in [0.05, 0.1) is 0 Å². The van der Waals surface area contributed by atoms with Crippen molar-refractivity contribution in [1.29, 1.82) is 0 Å². The number of Topliss-reactive ketones (excluding diaryl/α,β-unsaturated/α-hetero) is 1. The lowest BCUT2D eigenvalue weighted by Crippen LogP contribution is -2.19. The van der Waals surface area contributed by atoms with E-state index in [0.717, 1.165) is 28.7 Å². The molecule has 0 amide bonds. The van der Waals surface area contributed by atoms with E-state index in [2.05, 4.69) is 6.08 Å². The summed E-state index contributed by atoms with van der Waals surface area (Å²) in [5.74, 6) is 0.0523. The second kappa shape index (κ2) is 4.01. The average Bonchev–Trinajstić information content (AvgIpc) is 2.47. The highest BCUT2D eigenvalue weighted by Crippen LogP contribution is 2.39. The minimum atomic E-state index is 0.0180. The molecule has 0 atom stereocenters. The van der Waals surface area contributed by atoms with Crippen LogP contribution in [0.3, 0.4) is 0 Å². The van der Waals surface area contributed by atoms with Crippen molar-refractivity contribution < 1.29 is 9.59 Å². The largest absolute Gasteiger partial charge is 0.289 e. The van der Waals surface area contributed by atoms with E-state index in [9.17, 15) is 9.59 Å². The molecule has 0 spiro atoms. The zero-order chi connectivity index (χ0) is 13.7. The second-order valence-electron chi connectivity index (χ2n) is 5.31. The summed E-state index contributed by atoms with van der Waals surface area (Å²) in [6.45, 7) is 0. The highest BCUT2D eigenvalue weighted by atomic mass is 16.1. The van der Waals surface area contributed by atoms with Gasteiger partial charge in [0, 0.05) is 16.7 Å². The van der Waals surface area contributed by atoms with Crippen LogP contribution in [0.2, 0.25) is 0 Å². The van der Waals surface area contributed by atoms with Gasteiger partial charge in [-0.15, -0.1) is 0 Å². The van der Waals surface area contributed by atoms with Crippen molar-refractivity contribution in [2.75, 3.05) is 0 Å². The lowest BCUT2D eigenvalue weighted by Gasteiger charge is -2.26. The van der Waals surface area contributed by atoms with E-state index in [1.165, 1.54) is 0 Å². The van der Waals surface area contributed by atoms with Crippen LogP contribution in [0.1, 0.15) is 28.8 Å². The standard InChI is InChI=1S/C18H12O2/c19-17-7-3-5-12-9-13-8-11-4-1-2-6-14(11)18(20)16(13)10-15(12)17/h1-4,6-8,10H,5,9H2. The second-order valence-corrected chi connectivity index (χ2v) is 5.31. The molecule has 0 unspecified atom stereocenters. The Morgan fingerprint density at radius 3 is 2.75 bits per heavy atom. The highest BCUT2D eigenvalue weighted by Gasteiger charge is 2.29. The van der Waals surface area contributed by atoms with Crippen molar-refractivity contribution >= 4 is 17.6 Å². The fourth-order valence-corrected chi connectivity index (χ4v) is 3.09. The molecule has 4 rings (SSSR count). The number of hydrogen-bond acceptors (Lipinski definition) is 2. The predicted molar refractivity (Wildman–Crippen MR) is 77.2 cm³/mol. The zero-order valence-electron chi connectivity index (χ0n) is 10.8. The van der Waals surface area contributed by atoms with Gasteiger partial charge in [-0.1, -0.05) is 35.9 Å². The Hall–Kier alpha value is -2.48. The van der Waals surface area contributed by atoms with E-state index >= 15 is 0 Å². The lowest BCUT2D eigenvalue weighted by atomic mass is 9.77. The van der Waals surface area contributed by atoms with Gasteiger partial charge in [-0.25, -0.2) is 0 Å². The SMILES string of the molecule is O=C1C=CCC2=C1C=C1C(=O)c3ccccc3C=C1C2. The average molecular weight is 260 g/mol. The van der Waals surface area contributed by atoms with Crippen molar-refractivity contribution in [3.63, 3.8) is 0 Å². The van der Waals surface area contributed by atoms with Crippen LogP contribution in [0.5, 0.6) is 0 Å². The first-order valence-corrected chi connectivity index (χ1v) is 6.73. The highest BCUT2D eigenvalue weighted by molar-refractivity contribution is 6.19. The van der Waals surface area contributed by atoms with E-state index in [-0.39, 0.29) is 11.6 Å². The molecule has 3 aliphatic rings. The van der Waals surface area contributed by atoms with E-state index < -0.39 is 0 Å². The number of benzene rings is 1. The normalized spacial score (nSPS) is 20.0. The number of allylic oxidation sites excluding steroid dienone is 7. The maximum Gasteiger partial charge on any atom is 0.193 e. The molecule has 0 fully saturated rings. The Morgan fingerprint density at radius 2 is 1.85 bits per heavy atom. The molecule has 3 aliphatic carbocycles. The van der Waals surface area contributed by atoms with Crippen LogP contribution < -0.4 is 0 Å². The maximum absolute atomic E-state index is 12.6. The first-order valence-electron chi connectivity index (χ1n) is 6.73. The summed E-state index contributed by atoms with van der Waals surface area (Å²) >= 11 is 0. The molecule has 0 radical (unpaired) electrons. The molecule has 20 heavy (non-hydrogen) atoms. The summed E-state index contributed by atoms with van der Waals surface area (Å²) < 4.78 is 0. The summed E-state index contributed by atoms with van der Waals surface area (Å²) in [5, 5.41) is 0. The van der Waals surface area contributed by atoms with Crippen molar-refractivity contribution in [2.45, 2.75) is 12.8 Å². The van der Waals surface area contributed by atoms with Crippen molar-refractivity contribution in [1.82, 2.24) is 0 Å². The van der Waals surface area contributed by atoms with Crippen LogP contribution in [0, 0.1) is 0 Å². The van der Waals surface area contributed by atoms with Crippen LogP contribution in [0.25, 0.3) is 6.08 Å². The van der Waals surface area contributed by atoms with Gasteiger partial charge in [0.1, 0.15) is 0 Å². The van der Waals surface area contributed by atoms with E-state index in [0.29, 0.717) is 17.6 Å². The number of carbonyl (C=O) groups excluding carboxylic acids is 2. The number of fused-ring (bicyclic) bond motifs is 2. The number of hydrogen-bond donors (Lipinski definition) is 0. The Bertz CT molecular complexity index is 785. The van der Waals surface area contributed by atoms with Crippen molar-refractivity contribution in [3.05, 3.63) is 75.9 Å². The van der Waals surface area contributed by atoms with Crippen molar-refractivity contribution in [3.8, 4) is 0 Å². The quantitative estimate of drug-likeness (QED) is 0.716. The third-order valence-electron chi connectivity index (χ3n) is 4.10. The third-order valence-corrected chi connectivity index (χ3v) is 4.10. The molecule has 0 saturated heterocycles. The molecule has 0 N–H and O–H groups in total. The topological polar surface area (TPSA) is 34.1 Å². The molecular weight excluding hydrogens is 248 g/mol. The van der Waals surface area contributed by atoms with E-state index in [1.807, 2.05) is 30.3 Å². The Balaban J connectivity index is 1.89. The van der Waals surface area contributed by atoms with Crippen LogP contribution in [-0.4, -0.2) is 11.6 Å². The zero-order valence-corrected chi connectivity index (χ0v) is 10.8. The minimum absolute atomic E-state index is 0.0180. The predicted octanol–water partition coefficient (Wildman–Crippen LogP) is 3.42. The Kier molecular flexibility index (Phi) is 2.27. The Morgan fingerprint density at radius 1 is 1.00 bits per heavy atom. The Labute approximate surface area is 116 Å². The maximum atomic E-state index is 12.6. The van der Waals surface area contributed by atoms with Gasteiger partial charge in [0.15, 0.2) is 11.6 Å². The van der Waals surface area contributed by atoms with Gasteiger partial charge in [-0.2, -0.15) is 0 Å². The molecule has 96 valence electrons. The molecule has 0 saturated carbocycles. The van der Waals surface area contributed by atoms with Gasteiger partial charge in [-0.3, -0.25) is 9.59 Å². The van der Waals surface area contributed by atoms with Crippen LogP contribution in [0.4, 0.5) is 0 Å². The van der Waals surface area contributed by atoms with Crippen LogP contribution >= 0.6 is 0 Å². The van der Waals surface area contributed by atoms with Crippen LogP contribution in [0.15, 0.2) is 64.8 Å². The smallest absolute Gasteiger partial charge is 0.193 e. The summed E-state index contributed by atoms with van der Waals surface area (Å²) in [7, 11) is 0. The summed E-state index contributed by atoms with van der Waals surface area (Å²) in [6, 6.07) is 7.63. The molecule has 0 aromatic heterocycles. The molecule has 0 heterocycles. The molecule has 0 aliphatic heterocycles. The first kappa shape index (κ1) is 11.4. The number of carbonyl (C=O) groups is 2.